The van der Waals surface area contributed by atoms with Crippen LogP contribution in [-0.2, 0) is 19.6 Å². The zero-order valence-corrected chi connectivity index (χ0v) is 17.5. The summed E-state index contributed by atoms with van der Waals surface area (Å²) in [6.45, 7) is 2.83. The minimum absolute atomic E-state index is 0.126. The number of carbonyl (C=O) groups excluding carboxylic acids is 1. The minimum atomic E-state index is -0.126. The van der Waals surface area contributed by atoms with Gasteiger partial charge in [0.05, 0.1) is 12.7 Å². The van der Waals surface area contributed by atoms with Crippen LogP contribution in [0.1, 0.15) is 24.0 Å². The molecule has 2 amide bonds. The zero-order chi connectivity index (χ0) is 21.3. The lowest BCUT2D eigenvalue weighted by Gasteiger charge is -2.17. The molecule has 1 aromatic carbocycles. The van der Waals surface area contributed by atoms with E-state index >= 15 is 0 Å². The number of nitrogens with one attached hydrogen (secondary N) is 2. The van der Waals surface area contributed by atoms with Gasteiger partial charge in [0, 0.05) is 51.0 Å². The van der Waals surface area contributed by atoms with Crippen molar-refractivity contribution >= 4 is 6.03 Å². The Morgan fingerprint density at radius 3 is 2.32 bits per heavy atom. The van der Waals surface area contributed by atoms with Gasteiger partial charge in [-0.25, -0.2) is 14.8 Å². The molecule has 7 heteroatoms. The van der Waals surface area contributed by atoms with Crippen molar-refractivity contribution < 1.29 is 4.79 Å². The van der Waals surface area contributed by atoms with Crippen molar-refractivity contribution in [2.24, 2.45) is 5.92 Å². The SMILES string of the molecule is O=C(NCCC1C=CC(Cn2ccnc2)=CC1)NCc1ccc(Cn2ccnc2)cc1. The zero-order valence-electron chi connectivity index (χ0n) is 17.5. The maximum absolute atomic E-state index is 12.1. The van der Waals surface area contributed by atoms with E-state index in [-0.39, 0.29) is 6.03 Å². The first kappa shape index (κ1) is 20.7. The fraction of sp³-hybridized carbons (Fsp3) is 0.292. The second kappa shape index (κ2) is 10.4. The molecule has 1 unspecified atom stereocenters. The second-order valence-electron chi connectivity index (χ2n) is 7.82. The largest absolute Gasteiger partial charge is 0.338 e. The molecule has 1 aliphatic rings. The molecule has 0 bridgehead atoms. The smallest absolute Gasteiger partial charge is 0.315 e. The highest BCUT2D eigenvalue weighted by Crippen LogP contribution is 2.20. The van der Waals surface area contributed by atoms with Crippen LogP contribution in [0.25, 0.3) is 0 Å². The third-order valence-corrected chi connectivity index (χ3v) is 5.39. The first-order valence-corrected chi connectivity index (χ1v) is 10.6. The maximum atomic E-state index is 12.1. The van der Waals surface area contributed by atoms with E-state index in [9.17, 15) is 4.79 Å². The van der Waals surface area contributed by atoms with E-state index in [1.165, 1.54) is 11.1 Å². The van der Waals surface area contributed by atoms with Gasteiger partial charge in [-0.3, -0.25) is 0 Å². The molecule has 31 heavy (non-hydrogen) atoms. The van der Waals surface area contributed by atoms with Gasteiger partial charge >= 0.3 is 6.03 Å². The molecule has 0 radical (unpaired) electrons. The van der Waals surface area contributed by atoms with E-state index in [2.05, 4.69) is 55.5 Å². The summed E-state index contributed by atoms with van der Waals surface area (Å²) in [6.07, 6.45) is 19.8. The molecule has 0 saturated carbocycles. The summed E-state index contributed by atoms with van der Waals surface area (Å²) in [5, 5.41) is 5.89. The van der Waals surface area contributed by atoms with E-state index in [4.69, 9.17) is 0 Å². The Morgan fingerprint density at radius 1 is 0.968 bits per heavy atom. The van der Waals surface area contributed by atoms with Crippen LogP contribution in [0.3, 0.4) is 0 Å². The Hall–Kier alpha value is -3.61. The molecule has 2 N–H and O–H groups in total. The highest BCUT2D eigenvalue weighted by Gasteiger charge is 2.10. The van der Waals surface area contributed by atoms with Crippen LogP contribution in [0.4, 0.5) is 4.79 Å². The Morgan fingerprint density at radius 2 is 1.68 bits per heavy atom. The molecule has 160 valence electrons. The molecule has 1 aliphatic carbocycles. The average Bonchev–Trinajstić information content (AvgIpc) is 3.49. The molecule has 0 spiro atoms. The van der Waals surface area contributed by atoms with Gasteiger partial charge in [-0.05, 0) is 35.5 Å². The molecule has 7 nitrogen and oxygen atoms in total. The Kier molecular flexibility index (Phi) is 6.95. The number of benzene rings is 1. The van der Waals surface area contributed by atoms with Crippen molar-refractivity contribution in [3.63, 3.8) is 0 Å². The summed E-state index contributed by atoms with van der Waals surface area (Å²) in [5.41, 5.74) is 3.58. The third-order valence-electron chi connectivity index (χ3n) is 5.39. The van der Waals surface area contributed by atoms with Crippen LogP contribution in [0.5, 0.6) is 0 Å². The molecular formula is C24H28N6O. The molecule has 0 saturated heterocycles. The predicted molar refractivity (Wildman–Crippen MR) is 120 cm³/mol. The fourth-order valence-corrected chi connectivity index (χ4v) is 3.60. The van der Waals surface area contributed by atoms with Gasteiger partial charge < -0.3 is 19.8 Å². The summed E-state index contributed by atoms with van der Waals surface area (Å²) >= 11 is 0. The van der Waals surface area contributed by atoms with Crippen LogP contribution in [0.15, 0.2) is 85.5 Å². The molecule has 1 atom stereocenters. The molecule has 0 aliphatic heterocycles. The Bertz CT molecular complexity index is 1000. The lowest BCUT2D eigenvalue weighted by atomic mass is 9.94. The van der Waals surface area contributed by atoms with Crippen molar-refractivity contribution in [2.45, 2.75) is 32.5 Å². The summed E-state index contributed by atoms with van der Waals surface area (Å²) < 4.78 is 4.09. The molecule has 0 fully saturated rings. The van der Waals surface area contributed by atoms with Gasteiger partial charge in [-0.2, -0.15) is 0 Å². The summed E-state index contributed by atoms with van der Waals surface area (Å²) in [6, 6.07) is 8.14. The number of amides is 2. The van der Waals surface area contributed by atoms with E-state index in [1.54, 1.807) is 18.7 Å². The molecule has 2 heterocycles. The van der Waals surface area contributed by atoms with Crippen LogP contribution >= 0.6 is 0 Å². The second-order valence-corrected chi connectivity index (χ2v) is 7.82. The van der Waals surface area contributed by atoms with E-state index in [0.29, 0.717) is 19.0 Å². The van der Waals surface area contributed by atoms with Crippen molar-refractivity contribution in [3.05, 3.63) is 96.6 Å². The summed E-state index contributed by atoms with van der Waals surface area (Å²) in [5.74, 6) is 0.467. The van der Waals surface area contributed by atoms with Crippen LogP contribution in [0.2, 0.25) is 0 Å². The first-order valence-electron chi connectivity index (χ1n) is 10.6. The van der Waals surface area contributed by atoms with Crippen molar-refractivity contribution in [2.75, 3.05) is 6.54 Å². The van der Waals surface area contributed by atoms with E-state index in [1.807, 2.05) is 35.4 Å². The van der Waals surface area contributed by atoms with Crippen LogP contribution < -0.4 is 10.6 Å². The van der Waals surface area contributed by atoms with Gasteiger partial charge in [-0.1, -0.05) is 42.5 Å². The number of carbonyl (C=O) groups is 1. The first-order chi connectivity index (χ1) is 15.2. The van der Waals surface area contributed by atoms with E-state index < -0.39 is 0 Å². The highest BCUT2D eigenvalue weighted by molar-refractivity contribution is 5.73. The number of rotatable bonds is 9. The minimum Gasteiger partial charge on any atom is -0.338 e. The topological polar surface area (TPSA) is 76.8 Å². The van der Waals surface area contributed by atoms with Gasteiger partial charge in [0.1, 0.15) is 0 Å². The number of hydrogen-bond acceptors (Lipinski definition) is 3. The van der Waals surface area contributed by atoms with Gasteiger partial charge in [-0.15, -0.1) is 0 Å². The number of nitrogens with zero attached hydrogens (tertiary/aromatic N) is 4. The van der Waals surface area contributed by atoms with Gasteiger partial charge in [0.2, 0.25) is 0 Å². The standard InChI is InChI=1S/C24H28N6O/c31-24(28-15-21-3-7-23(8-4-21)17-30-14-12-26-19-30)27-10-9-20-1-5-22(6-2-20)16-29-13-11-25-18-29/h1,3-8,11-14,18-20H,2,9-10,15-17H2,(H2,27,28,31). The molecule has 4 rings (SSSR count). The van der Waals surface area contributed by atoms with Gasteiger partial charge in [0.15, 0.2) is 0 Å². The summed E-state index contributed by atoms with van der Waals surface area (Å²) in [7, 11) is 0. The maximum Gasteiger partial charge on any atom is 0.315 e. The summed E-state index contributed by atoms with van der Waals surface area (Å²) in [4.78, 5) is 20.2. The van der Waals surface area contributed by atoms with Crippen molar-refractivity contribution in [1.29, 1.82) is 0 Å². The average molecular weight is 417 g/mol. The van der Waals surface area contributed by atoms with Crippen LogP contribution in [0, 0.1) is 5.92 Å². The van der Waals surface area contributed by atoms with Crippen molar-refractivity contribution in [3.8, 4) is 0 Å². The Balaban J connectivity index is 1.11. The number of imidazole rings is 2. The predicted octanol–water partition coefficient (Wildman–Crippen LogP) is 3.52. The normalized spacial score (nSPS) is 15.5. The molecule has 3 aromatic rings. The number of aromatic nitrogens is 4. The number of hydrogen-bond donors (Lipinski definition) is 2. The number of allylic oxidation sites excluding steroid dienone is 4. The quantitative estimate of drug-likeness (QED) is 0.560. The van der Waals surface area contributed by atoms with Crippen molar-refractivity contribution in [1.82, 2.24) is 29.7 Å². The van der Waals surface area contributed by atoms with E-state index in [0.717, 1.165) is 31.5 Å². The third kappa shape index (κ3) is 6.44. The van der Waals surface area contributed by atoms with Crippen LogP contribution in [-0.4, -0.2) is 31.7 Å². The van der Waals surface area contributed by atoms with Gasteiger partial charge in [0.25, 0.3) is 0 Å². The monoisotopic (exact) mass is 416 g/mol. The highest BCUT2D eigenvalue weighted by atomic mass is 16.2. The molecular weight excluding hydrogens is 388 g/mol. The fourth-order valence-electron chi connectivity index (χ4n) is 3.60. The number of urea groups is 1. The molecule has 2 aromatic heterocycles. The Labute approximate surface area is 182 Å². The lowest BCUT2D eigenvalue weighted by molar-refractivity contribution is 0.240. The lowest BCUT2D eigenvalue weighted by Crippen LogP contribution is -2.36.